The Bertz CT molecular complexity index is 853. The molecule has 1 amide bonds. The Morgan fingerprint density at radius 3 is 2.78 bits per heavy atom. The Morgan fingerprint density at radius 2 is 2.13 bits per heavy atom. The molecule has 0 radical (unpaired) electrons. The molecule has 118 valence electrons. The van der Waals surface area contributed by atoms with Crippen molar-refractivity contribution in [3.63, 3.8) is 0 Å². The fraction of sp³-hybridized carbons (Fsp3) is 0.375. The van der Waals surface area contributed by atoms with Gasteiger partial charge in [0.2, 0.25) is 0 Å². The average molecular weight is 311 g/mol. The summed E-state index contributed by atoms with van der Waals surface area (Å²) in [6, 6.07) is 3.50. The van der Waals surface area contributed by atoms with Crippen LogP contribution < -0.4 is 16.2 Å². The van der Waals surface area contributed by atoms with Gasteiger partial charge >= 0.3 is 0 Å². The highest BCUT2D eigenvalue weighted by Crippen LogP contribution is 2.43. The molecule has 4 rings (SSSR count). The topological polar surface area (TPSA) is 88.9 Å². The van der Waals surface area contributed by atoms with Crippen molar-refractivity contribution in [2.75, 3.05) is 5.32 Å². The van der Waals surface area contributed by atoms with Crippen molar-refractivity contribution in [1.82, 2.24) is 19.9 Å². The number of rotatable bonds is 3. The SMILES string of the molecule is CC1(C)NC(=O)c2c(C3CC3)cc(Nc3ccncn3)c(=O)n21. The summed E-state index contributed by atoms with van der Waals surface area (Å²) in [5.74, 6) is 0.722. The van der Waals surface area contributed by atoms with Crippen molar-refractivity contribution in [3.05, 3.63) is 46.3 Å². The molecule has 7 heteroatoms. The summed E-state index contributed by atoms with van der Waals surface area (Å²) in [4.78, 5) is 33.2. The van der Waals surface area contributed by atoms with Crippen molar-refractivity contribution < 1.29 is 4.79 Å². The van der Waals surface area contributed by atoms with E-state index in [0.29, 0.717) is 23.1 Å². The van der Waals surface area contributed by atoms with E-state index < -0.39 is 5.66 Å². The Balaban J connectivity index is 1.90. The first-order chi connectivity index (χ1) is 11.0. The van der Waals surface area contributed by atoms with Crippen LogP contribution in [0.4, 0.5) is 11.5 Å². The summed E-state index contributed by atoms with van der Waals surface area (Å²) in [5.41, 5.74) is 0.890. The van der Waals surface area contributed by atoms with E-state index >= 15 is 0 Å². The third-order valence-electron chi connectivity index (χ3n) is 4.29. The van der Waals surface area contributed by atoms with Crippen LogP contribution in [0.1, 0.15) is 48.7 Å². The number of amides is 1. The van der Waals surface area contributed by atoms with E-state index in [9.17, 15) is 9.59 Å². The molecule has 2 aromatic rings. The van der Waals surface area contributed by atoms with Crippen LogP contribution in [0.15, 0.2) is 29.5 Å². The van der Waals surface area contributed by atoms with Crippen LogP contribution in [0.25, 0.3) is 0 Å². The number of nitrogens with zero attached hydrogens (tertiary/aromatic N) is 3. The number of carbonyl (C=O) groups is 1. The molecule has 0 aromatic carbocycles. The number of hydrogen-bond acceptors (Lipinski definition) is 5. The summed E-state index contributed by atoms with van der Waals surface area (Å²) in [7, 11) is 0. The fourth-order valence-corrected chi connectivity index (χ4v) is 3.09. The summed E-state index contributed by atoms with van der Waals surface area (Å²) in [5, 5.41) is 5.94. The lowest BCUT2D eigenvalue weighted by Gasteiger charge is -2.22. The second-order valence-electron chi connectivity index (χ2n) is 6.51. The maximum Gasteiger partial charge on any atom is 0.276 e. The standard InChI is InChI=1S/C16H17N5O2/c1-16(2)20-14(22)13-10(9-3-4-9)7-11(15(23)21(13)16)19-12-5-6-17-8-18-12/h5-9H,3-4H2,1-2H3,(H,20,22)(H,17,18,19). The molecule has 2 N–H and O–H groups in total. The van der Waals surface area contributed by atoms with E-state index in [1.807, 2.05) is 13.8 Å². The number of fused-ring (bicyclic) bond motifs is 1. The molecule has 1 aliphatic carbocycles. The number of anilines is 2. The lowest BCUT2D eigenvalue weighted by atomic mass is 10.1. The number of aromatic nitrogens is 3. The van der Waals surface area contributed by atoms with Crippen molar-refractivity contribution in [1.29, 1.82) is 0 Å². The minimum atomic E-state index is -0.740. The monoisotopic (exact) mass is 311 g/mol. The normalized spacial score (nSPS) is 18.4. The van der Waals surface area contributed by atoms with Gasteiger partial charge in [-0.3, -0.25) is 14.2 Å². The number of pyridine rings is 1. The van der Waals surface area contributed by atoms with Gasteiger partial charge in [-0.2, -0.15) is 0 Å². The highest BCUT2D eigenvalue weighted by Gasteiger charge is 2.41. The molecular formula is C16H17N5O2. The van der Waals surface area contributed by atoms with E-state index in [4.69, 9.17) is 0 Å². The highest BCUT2D eigenvalue weighted by molar-refractivity contribution is 5.97. The highest BCUT2D eigenvalue weighted by atomic mass is 16.2. The van der Waals surface area contributed by atoms with Crippen LogP contribution >= 0.6 is 0 Å². The van der Waals surface area contributed by atoms with Crippen molar-refractivity contribution in [2.24, 2.45) is 0 Å². The molecule has 0 spiro atoms. The molecule has 23 heavy (non-hydrogen) atoms. The van der Waals surface area contributed by atoms with Crippen LogP contribution in [0.5, 0.6) is 0 Å². The van der Waals surface area contributed by atoms with Crippen LogP contribution in [0, 0.1) is 0 Å². The third-order valence-corrected chi connectivity index (χ3v) is 4.29. The first-order valence-corrected chi connectivity index (χ1v) is 7.63. The molecule has 3 heterocycles. The van der Waals surface area contributed by atoms with Crippen LogP contribution in [-0.2, 0) is 5.66 Å². The van der Waals surface area contributed by atoms with Gasteiger partial charge in [0.1, 0.15) is 29.2 Å². The first kappa shape index (κ1) is 13.9. The lowest BCUT2D eigenvalue weighted by molar-refractivity contribution is 0.0934. The van der Waals surface area contributed by atoms with Gasteiger partial charge in [0, 0.05) is 6.20 Å². The Labute approximate surface area is 132 Å². The predicted molar refractivity (Wildman–Crippen MR) is 84.8 cm³/mol. The van der Waals surface area contributed by atoms with E-state index in [1.165, 1.54) is 6.33 Å². The summed E-state index contributed by atoms with van der Waals surface area (Å²) < 4.78 is 1.56. The molecule has 1 fully saturated rings. The molecule has 0 atom stereocenters. The zero-order chi connectivity index (χ0) is 16.2. The molecule has 1 saturated carbocycles. The van der Waals surface area contributed by atoms with Crippen molar-refractivity contribution in [2.45, 2.75) is 38.3 Å². The van der Waals surface area contributed by atoms with Crippen LogP contribution in [0.2, 0.25) is 0 Å². The molecule has 2 aromatic heterocycles. The molecule has 0 unspecified atom stereocenters. The molecule has 0 bridgehead atoms. The summed E-state index contributed by atoms with van der Waals surface area (Å²) >= 11 is 0. The minimum absolute atomic E-state index is 0.178. The third kappa shape index (κ3) is 2.19. The first-order valence-electron chi connectivity index (χ1n) is 7.63. The van der Waals surface area contributed by atoms with Gasteiger partial charge in [-0.15, -0.1) is 0 Å². The Kier molecular flexibility index (Phi) is 2.81. The van der Waals surface area contributed by atoms with Gasteiger partial charge in [-0.1, -0.05) is 0 Å². The lowest BCUT2D eigenvalue weighted by Crippen LogP contribution is -2.42. The van der Waals surface area contributed by atoms with Crippen molar-refractivity contribution >= 4 is 17.4 Å². The average Bonchev–Trinajstić information content (AvgIpc) is 3.30. The number of hydrogen-bond donors (Lipinski definition) is 2. The quantitative estimate of drug-likeness (QED) is 0.900. The van der Waals surface area contributed by atoms with E-state index in [-0.39, 0.29) is 11.5 Å². The van der Waals surface area contributed by atoms with Gasteiger partial charge in [0.25, 0.3) is 11.5 Å². The second kappa shape index (κ2) is 4.65. The largest absolute Gasteiger partial charge is 0.336 e. The second-order valence-corrected chi connectivity index (χ2v) is 6.51. The maximum absolute atomic E-state index is 12.9. The summed E-state index contributed by atoms with van der Waals surface area (Å²) in [6.45, 7) is 3.65. The van der Waals surface area contributed by atoms with Gasteiger partial charge < -0.3 is 10.6 Å². The zero-order valence-corrected chi connectivity index (χ0v) is 13.0. The van der Waals surface area contributed by atoms with E-state index in [1.54, 1.807) is 22.9 Å². The molecule has 2 aliphatic rings. The van der Waals surface area contributed by atoms with Crippen LogP contribution in [-0.4, -0.2) is 20.4 Å². The van der Waals surface area contributed by atoms with Crippen LogP contribution in [0.3, 0.4) is 0 Å². The number of carbonyl (C=O) groups excluding carboxylic acids is 1. The number of nitrogens with one attached hydrogen (secondary N) is 2. The van der Waals surface area contributed by atoms with Gasteiger partial charge in [-0.05, 0) is 50.3 Å². The van der Waals surface area contributed by atoms with Gasteiger partial charge in [0.15, 0.2) is 0 Å². The fourth-order valence-electron chi connectivity index (χ4n) is 3.09. The summed E-state index contributed by atoms with van der Waals surface area (Å²) in [6.07, 6.45) is 5.12. The van der Waals surface area contributed by atoms with E-state index in [0.717, 1.165) is 18.4 Å². The Hall–Kier alpha value is -2.70. The predicted octanol–water partition coefficient (Wildman–Crippen LogP) is 1.70. The molecular weight excluding hydrogens is 294 g/mol. The van der Waals surface area contributed by atoms with Crippen molar-refractivity contribution in [3.8, 4) is 0 Å². The van der Waals surface area contributed by atoms with E-state index in [2.05, 4.69) is 20.6 Å². The van der Waals surface area contributed by atoms with Gasteiger partial charge in [-0.25, -0.2) is 9.97 Å². The molecule has 1 aliphatic heterocycles. The zero-order valence-electron chi connectivity index (χ0n) is 13.0. The van der Waals surface area contributed by atoms with Gasteiger partial charge in [0.05, 0.1) is 0 Å². The minimum Gasteiger partial charge on any atom is -0.336 e. The molecule has 0 saturated heterocycles. The smallest absolute Gasteiger partial charge is 0.276 e. The molecule has 7 nitrogen and oxygen atoms in total. The maximum atomic E-state index is 12.9. The Morgan fingerprint density at radius 1 is 1.35 bits per heavy atom.